The van der Waals surface area contributed by atoms with E-state index in [9.17, 15) is 32.7 Å². The molecule has 2 aliphatic heterocycles. The Balaban J connectivity index is 0.000000509. The molecule has 0 radical (unpaired) electrons. The molecule has 1 unspecified atom stereocenters. The van der Waals surface area contributed by atoms with Gasteiger partial charge in [-0.1, -0.05) is 5.16 Å². The average molecular weight is 547 g/mol. The van der Waals surface area contributed by atoms with Crippen molar-refractivity contribution >= 4 is 69.5 Å². The van der Waals surface area contributed by atoms with Crippen molar-refractivity contribution in [3.63, 3.8) is 0 Å². The number of carboxylic acids is 2. The molecule has 1 fully saturated rings. The monoisotopic (exact) mass is 546 g/mol. The van der Waals surface area contributed by atoms with E-state index in [0.29, 0.717) is 11.3 Å². The van der Waals surface area contributed by atoms with E-state index < -0.39 is 41.3 Å². The fraction of sp³-hybridized carbons (Fsp3) is 0.400. The number of anilines is 1. The Bertz CT molecular complexity index is 1060. The minimum Gasteiger partial charge on any atom is -0.477 e. The van der Waals surface area contributed by atoms with Crippen LogP contribution in [0.4, 0.5) is 18.3 Å². The minimum absolute atomic E-state index is 0.00369. The molecular formula is C15H14ClF3N6O7S2. The van der Waals surface area contributed by atoms with Crippen molar-refractivity contribution in [2.24, 2.45) is 5.16 Å². The first-order valence-electron chi connectivity index (χ1n) is 8.61. The topological polar surface area (TPSA) is 197 Å². The SMILES string of the molecule is CON=C(C(=O)NC1C(=O)N2C(C(=O)O)=C(CCl)CS[C@@H]12)c1nsc(N)n1.O=C(O)C(F)(F)F. The summed E-state index contributed by atoms with van der Waals surface area (Å²) in [5, 5.41) is 22.2. The van der Waals surface area contributed by atoms with Gasteiger partial charge in [0.25, 0.3) is 11.8 Å². The number of carbonyl (C=O) groups is 4. The zero-order valence-corrected chi connectivity index (χ0v) is 19.1. The Morgan fingerprint density at radius 3 is 2.44 bits per heavy atom. The summed E-state index contributed by atoms with van der Waals surface area (Å²) < 4.78 is 35.6. The third-order valence-corrected chi connectivity index (χ3v) is 6.20. The van der Waals surface area contributed by atoms with Crippen LogP contribution in [0.1, 0.15) is 5.82 Å². The number of thioether (sulfide) groups is 1. The van der Waals surface area contributed by atoms with E-state index in [1.54, 1.807) is 0 Å². The van der Waals surface area contributed by atoms with Gasteiger partial charge in [0.15, 0.2) is 5.13 Å². The Hall–Kier alpha value is -3.12. The van der Waals surface area contributed by atoms with Crippen molar-refractivity contribution < 1.29 is 47.4 Å². The lowest BCUT2D eigenvalue weighted by molar-refractivity contribution is -0.192. The number of hydrogen-bond donors (Lipinski definition) is 4. The van der Waals surface area contributed by atoms with Gasteiger partial charge in [0.2, 0.25) is 11.5 Å². The second-order valence-electron chi connectivity index (χ2n) is 6.13. The van der Waals surface area contributed by atoms with Crippen LogP contribution in [0.25, 0.3) is 0 Å². The summed E-state index contributed by atoms with van der Waals surface area (Å²) in [4.78, 5) is 55.0. The van der Waals surface area contributed by atoms with Crippen molar-refractivity contribution in [3.05, 3.63) is 17.1 Å². The fourth-order valence-corrected chi connectivity index (χ4v) is 4.72. The molecule has 2 atom stereocenters. The number of hydrogen-bond acceptors (Lipinski definition) is 11. The lowest BCUT2D eigenvalue weighted by Gasteiger charge is -2.49. The Morgan fingerprint density at radius 1 is 1.38 bits per heavy atom. The standard InChI is InChI=1S/C13H13ClN6O5S2.C2HF3O2/c1-25-18-5(8-17-13(15)27-19-8)9(21)16-6-10(22)20-7(12(23)24)4(2-14)3-26-11(6)20;3-2(4,5)1(6)7/h6,11H,2-3H2,1H3,(H,16,21)(H,23,24)(H2,15,17,19);(H,6,7)/t6?,11-;/m0./s1. The minimum atomic E-state index is -5.08. The smallest absolute Gasteiger partial charge is 0.477 e. The van der Waals surface area contributed by atoms with Crippen LogP contribution in [-0.4, -0.2) is 90.3 Å². The normalized spacial score (nSPS) is 20.0. The summed E-state index contributed by atoms with van der Waals surface area (Å²) in [6.45, 7) is 0. The van der Waals surface area contributed by atoms with Gasteiger partial charge in [0.1, 0.15) is 24.2 Å². The van der Waals surface area contributed by atoms with E-state index in [2.05, 4.69) is 24.7 Å². The summed E-state index contributed by atoms with van der Waals surface area (Å²) in [6, 6.07) is -0.924. The summed E-state index contributed by atoms with van der Waals surface area (Å²) in [7, 11) is 1.24. The molecule has 34 heavy (non-hydrogen) atoms. The van der Waals surface area contributed by atoms with E-state index in [1.165, 1.54) is 18.9 Å². The van der Waals surface area contributed by atoms with Crippen LogP contribution in [0.15, 0.2) is 16.4 Å². The van der Waals surface area contributed by atoms with Crippen molar-refractivity contribution in [2.75, 3.05) is 24.5 Å². The highest BCUT2D eigenvalue weighted by Gasteiger charge is 2.54. The zero-order chi connectivity index (χ0) is 25.8. The summed E-state index contributed by atoms with van der Waals surface area (Å²) in [5.74, 6) is -4.98. The molecule has 0 bridgehead atoms. The molecule has 2 aliphatic rings. The van der Waals surface area contributed by atoms with Crippen LogP contribution in [0.2, 0.25) is 0 Å². The van der Waals surface area contributed by atoms with Gasteiger partial charge < -0.3 is 26.1 Å². The highest BCUT2D eigenvalue weighted by atomic mass is 35.5. The molecule has 1 aromatic rings. The first-order chi connectivity index (χ1) is 15.8. The molecule has 1 saturated heterocycles. The van der Waals surface area contributed by atoms with Crippen molar-refractivity contribution in [2.45, 2.75) is 17.6 Å². The van der Waals surface area contributed by atoms with Crippen LogP contribution in [0, 0.1) is 0 Å². The van der Waals surface area contributed by atoms with Gasteiger partial charge >= 0.3 is 18.1 Å². The van der Waals surface area contributed by atoms with Gasteiger partial charge in [-0.3, -0.25) is 14.5 Å². The number of alkyl halides is 4. The third kappa shape index (κ3) is 5.86. The van der Waals surface area contributed by atoms with Crippen LogP contribution in [0.5, 0.6) is 0 Å². The number of fused-ring (bicyclic) bond motifs is 1. The quantitative estimate of drug-likeness (QED) is 0.163. The number of aromatic nitrogens is 2. The van der Waals surface area contributed by atoms with Crippen molar-refractivity contribution in [1.29, 1.82) is 0 Å². The number of aliphatic carboxylic acids is 2. The lowest BCUT2D eigenvalue weighted by Crippen LogP contribution is -2.71. The molecule has 3 rings (SSSR count). The number of carbonyl (C=O) groups excluding carboxylic acids is 2. The van der Waals surface area contributed by atoms with Crippen LogP contribution in [-0.2, 0) is 24.0 Å². The van der Waals surface area contributed by atoms with Gasteiger partial charge in [-0.2, -0.15) is 22.5 Å². The molecule has 2 amide bonds. The average Bonchev–Trinajstić information content (AvgIpc) is 3.19. The maximum absolute atomic E-state index is 12.5. The third-order valence-electron chi connectivity index (χ3n) is 3.99. The van der Waals surface area contributed by atoms with Crippen molar-refractivity contribution in [1.82, 2.24) is 19.6 Å². The van der Waals surface area contributed by atoms with Gasteiger partial charge in [-0.25, -0.2) is 9.59 Å². The highest BCUT2D eigenvalue weighted by Crippen LogP contribution is 2.40. The molecule has 0 aliphatic carbocycles. The van der Waals surface area contributed by atoms with Gasteiger partial charge in [-0.05, 0) is 5.57 Å². The molecule has 0 spiro atoms. The molecule has 0 saturated carbocycles. The summed E-state index contributed by atoms with van der Waals surface area (Å²) in [5.41, 5.74) is 5.59. The van der Waals surface area contributed by atoms with E-state index >= 15 is 0 Å². The zero-order valence-electron chi connectivity index (χ0n) is 16.7. The predicted octanol–water partition coefficient (Wildman–Crippen LogP) is 0.0815. The number of nitrogens with two attached hydrogens (primary N) is 1. The summed E-state index contributed by atoms with van der Waals surface area (Å²) in [6.07, 6.45) is -5.08. The van der Waals surface area contributed by atoms with E-state index in [4.69, 9.17) is 27.2 Å². The number of nitrogen functional groups attached to an aromatic ring is 1. The number of carboxylic acid groups (broad SMARTS) is 2. The number of halogens is 4. The number of rotatable bonds is 6. The summed E-state index contributed by atoms with van der Waals surface area (Å²) >= 11 is 7.96. The van der Waals surface area contributed by atoms with Crippen LogP contribution >= 0.6 is 34.9 Å². The second-order valence-corrected chi connectivity index (χ2v) is 8.29. The van der Waals surface area contributed by atoms with Gasteiger partial charge in [-0.15, -0.1) is 23.4 Å². The van der Waals surface area contributed by atoms with Gasteiger partial charge in [0, 0.05) is 23.2 Å². The molecular weight excluding hydrogens is 533 g/mol. The number of nitrogens with zero attached hydrogens (tertiary/aromatic N) is 4. The molecule has 19 heteroatoms. The fourth-order valence-electron chi connectivity index (χ4n) is 2.60. The van der Waals surface area contributed by atoms with Gasteiger partial charge in [0.05, 0.1) is 0 Å². The number of oxime groups is 1. The second kappa shape index (κ2) is 10.9. The Labute approximate surface area is 200 Å². The molecule has 186 valence electrons. The maximum atomic E-state index is 12.5. The molecule has 0 aromatic carbocycles. The number of nitrogens with one attached hydrogen (secondary N) is 1. The molecule has 13 nitrogen and oxygen atoms in total. The lowest BCUT2D eigenvalue weighted by atomic mass is 10.0. The number of amides is 2. The number of β-lactam (4-membered cyclic amide) rings is 1. The van der Waals surface area contributed by atoms with Crippen LogP contribution < -0.4 is 11.1 Å². The maximum Gasteiger partial charge on any atom is 0.490 e. The Morgan fingerprint density at radius 2 is 2.00 bits per heavy atom. The van der Waals surface area contributed by atoms with Crippen molar-refractivity contribution in [3.8, 4) is 0 Å². The predicted molar refractivity (Wildman–Crippen MR) is 112 cm³/mol. The van der Waals surface area contributed by atoms with E-state index in [0.717, 1.165) is 16.4 Å². The van der Waals surface area contributed by atoms with E-state index in [-0.39, 0.29) is 28.2 Å². The first-order valence-corrected chi connectivity index (χ1v) is 11.0. The first kappa shape index (κ1) is 27.1. The van der Waals surface area contributed by atoms with E-state index in [1.807, 2.05) is 0 Å². The Kier molecular flexibility index (Phi) is 8.67. The molecule has 5 N–H and O–H groups in total. The highest BCUT2D eigenvalue weighted by molar-refractivity contribution is 8.00. The molecule has 3 heterocycles. The van der Waals surface area contributed by atoms with Crippen LogP contribution in [0.3, 0.4) is 0 Å². The largest absolute Gasteiger partial charge is 0.490 e. The molecule has 1 aromatic heterocycles.